The van der Waals surface area contributed by atoms with Crippen molar-refractivity contribution >= 4 is 0 Å². The minimum atomic E-state index is -0.471. The third kappa shape index (κ3) is 3.97. The van der Waals surface area contributed by atoms with E-state index in [1.165, 1.54) is 12.0 Å². The molecule has 0 aromatic heterocycles. The van der Waals surface area contributed by atoms with Gasteiger partial charge < -0.3 is 9.84 Å². The number of hydrogen-bond donors (Lipinski definition) is 1. The van der Waals surface area contributed by atoms with Gasteiger partial charge in [0.2, 0.25) is 0 Å². The molecule has 1 saturated carbocycles. The van der Waals surface area contributed by atoms with Crippen molar-refractivity contribution in [3.63, 3.8) is 0 Å². The molecule has 1 unspecified atom stereocenters. The average Bonchev–Trinajstić information content (AvgIpc) is 2.35. The van der Waals surface area contributed by atoms with Crippen LogP contribution >= 0.6 is 0 Å². The molecular weight excluding hydrogens is 236 g/mol. The normalized spacial score (nSPS) is 26.1. The largest absolute Gasteiger partial charge is 0.497 e. The van der Waals surface area contributed by atoms with Gasteiger partial charge in [0.1, 0.15) is 5.75 Å². The summed E-state index contributed by atoms with van der Waals surface area (Å²) in [4.78, 5) is 0. The lowest BCUT2D eigenvalue weighted by molar-refractivity contribution is -0.0446. The van der Waals surface area contributed by atoms with Crippen LogP contribution in [0.4, 0.5) is 0 Å². The van der Waals surface area contributed by atoms with E-state index in [0.29, 0.717) is 0 Å². The van der Waals surface area contributed by atoms with Crippen LogP contribution in [0.1, 0.15) is 51.5 Å². The summed E-state index contributed by atoms with van der Waals surface area (Å²) in [7, 11) is 1.68. The predicted octanol–water partition coefficient (Wildman–Crippen LogP) is 3.96. The number of ether oxygens (including phenoxy) is 1. The number of benzene rings is 1. The fourth-order valence-corrected chi connectivity index (χ4v) is 3.35. The van der Waals surface area contributed by atoms with E-state index in [4.69, 9.17) is 4.74 Å². The summed E-state index contributed by atoms with van der Waals surface area (Å²) in [6, 6.07) is 8.17. The monoisotopic (exact) mass is 262 g/mol. The van der Waals surface area contributed by atoms with Gasteiger partial charge in [-0.2, -0.15) is 0 Å². The molecule has 0 bridgehead atoms. The van der Waals surface area contributed by atoms with Gasteiger partial charge in [-0.15, -0.1) is 0 Å². The Morgan fingerprint density at radius 1 is 1.16 bits per heavy atom. The van der Waals surface area contributed by atoms with Crippen molar-refractivity contribution in [3.05, 3.63) is 29.8 Å². The third-order valence-electron chi connectivity index (χ3n) is 4.34. The second kappa shape index (κ2) is 5.54. The van der Waals surface area contributed by atoms with E-state index in [2.05, 4.69) is 26.0 Å². The van der Waals surface area contributed by atoms with Crippen LogP contribution in [0.25, 0.3) is 0 Å². The molecular formula is C17H26O2. The summed E-state index contributed by atoms with van der Waals surface area (Å²) in [6.07, 6.45) is 6.06. The molecule has 0 amide bonds. The number of hydrogen-bond acceptors (Lipinski definition) is 2. The van der Waals surface area contributed by atoms with Crippen LogP contribution in [0.3, 0.4) is 0 Å². The van der Waals surface area contributed by atoms with Gasteiger partial charge in [0, 0.05) is 0 Å². The quantitative estimate of drug-likeness (QED) is 0.890. The van der Waals surface area contributed by atoms with Gasteiger partial charge in [-0.05, 0) is 55.2 Å². The van der Waals surface area contributed by atoms with E-state index < -0.39 is 5.60 Å². The molecule has 0 spiro atoms. The highest BCUT2D eigenvalue weighted by atomic mass is 16.5. The van der Waals surface area contributed by atoms with Crippen LogP contribution in [0.15, 0.2) is 24.3 Å². The van der Waals surface area contributed by atoms with Gasteiger partial charge in [0.15, 0.2) is 0 Å². The molecule has 1 atom stereocenters. The van der Waals surface area contributed by atoms with Crippen LogP contribution in [-0.4, -0.2) is 17.8 Å². The SMILES string of the molecule is COc1ccc(CCC2(O)CCCC(C)(C)C2)cc1. The number of methoxy groups -OCH3 is 1. The molecule has 0 radical (unpaired) electrons. The number of rotatable bonds is 4. The summed E-state index contributed by atoms with van der Waals surface area (Å²) in [6.45, 7) is 4.54. The number of aryl methyl sites for hydroxylation is 1. The zero-order valence-corrected chi connectivity index (χ0v) is 12.4. The zero-order valence-electron chi connectivity index (χ0n) is 12.4. The van der Waals surface area contributed by atoms with E-state index >= 15 is 0 Å². The maximum atomic E-state index is 10.7. The molecule has 1 fully saturated rings. The predicted molar refractivity (Wildman–Crippen MR) is 78.5 cm³/mol. The van der Waals surface area contributed by atoms with Crippen LogP contribution in [0.2, 0.25) is 0 Å². The topological polar surface area (TPSA) is 29.5 Å². The van der Waals surface area contributed by atoms with Crippen molar-refractivity contribution in [3.8, 4) is 5.75 Å². The Labute approximate surface area is 116 Å². The van der Waals surface area contributed by atoms with Crippen molar-refractivity contribution in [1.82, 2.24) is 0 Å². The fourth-order valence-electron chi connectivity index (χ4n) is 3.35. The van der Waals surface area contributed by atoms with E-state index in [1.54, 1.807) is 7.11 Å². The van der Waals surface area contributed by atoms with Crippen molar-refractivity contribution in [2.45, 2.75) is 58.0 Å². The molecule has 1 aliphatic carbocycles. The molecule has 106 valence electrons. The van der Waals surface area contributed by atoms with E-state index in [9.17, 15) is 5.11 Å². The maximum Gasteiger partial charge on any atom is 0.118 e. The number of aliphatic hydroxyl groups is 1. The lowest BCUT2D eigenvalue weighted by atomic mass is 9.68. The lowest BCUT2D eigenvalue weighted by Crippen LogP contribution is -2.39. The second-order valence-corrected chi connectivity index (χ2v) is 6.77. The van der Waals surface area contributed by atoms with Gasteiger partial charge in [0.25, 0.3) is 0 Å². The Morgan fingerprint density at radius 2 is 1.84 bits per heavy atom. The highest BCUT2D eigenvalue weighted by molar-refractivity contribution is 5.27. The van der Waals surface area contributed by atoms with Crippen LogP contribution < -0.4 is 4.74 Å². The van der Waals surface area contributed by atoms with Gasteiger partial charge in [-0.3, -0.25) is 0 Å². The van der Waals surface area contributed by atoms with Crippen molar-refractivity contribution in [1.29, 1.82) is 0 Å². The summed E-state index contributed by atoms with van der Waals surface area (Å²) >= 11 is 0. The standard InChI is InChI=1S/C17H26O2/c1-16(2)10-4-11-17(18,13-16)12-9-14-5-7-15(19-3)8-6-14/h5-8,18H,4,9-13H2,1-3H3. The second-order valence-electron chi connectivity index (χ2n) is 6.77. The fraction of sp³-hybridized carbons (Fsp3) is 0.647. The van der Waals surface area contributed by atoms with E-state index in [1.807, 2.05) is 12.1 Å². The zero-order chi connectivity index (χ0) is 13.9. The average molecular weight is 262 g/mol. The molecule has 0 heterocycles. The van der Waals surface area contributed by atoms with E-state index in [-0.39, 0.29) is 5.41 Å². The molecule has 19 heavy (non-hydrogen) atoms. The Morgan fingerprint density at radius 3 is 2.42 bits per heavy atom. The summed E-state index contributed by atoms with van der Waals surface area (Å²) in [5, 5.41) is 10.7. The molecule has 2 nitrogen and oxygen atoms in total. The molecule has 0 saturated heterocycles. The van der Waals surface area contributed by atoms with Gasteiger partial charge in [-0.1, -0.05) is 32.4 Å². The first-order chi connectivity index (χ1) is 8.92. The van der Waals surface area contributed by atoms with E-state index in [0.717, 1.165) is 37.9 Å². The minimum Gasteiger partial charge on any atom is -0.497 e. The van der Waals surface area contributed by atoms with Gasteiger partial charge >= 0.3 is 0 Å². The smallest absolute Gasteiger partial charge is 0.118 e. The molecule has 1 N–H and O–H groups in total. The van der Waals surface area contributed by atoms with Gasteiger partial charge in [0.05, 0.1) is 12.7 Å². The highest BCUT2D eigenvalue weighted by Gasteiger charge is 2.37. The molecule has 0 aliphatic heterocycles. The molecule has 2 rings (SSSR count). The van der Waals surface area contributed by atoms with Crippen molar-refractivity contribution in [2.24, 2.45) is 5.41 Å². The summed E-state index contributed by atoms with van der Waals surface area (Å²) in [5.74, 6) is 0.890. The Hall–Kier alpha value is -1.02. The van der Waals surface area contributed by atoms with Crippen LogP contribution in [-0.2, 0) is 6.42 Å². The Bertz CT molecular complexity index is 408. The Kier molecular flexibility index (Phi) is 4.19. The van der Waals surface area contributed by atoms with Crippen molar-refractivity contribution in [2.75, 3.05) is 7.11 Å². The maximum absolute atomic E-state index is 10.7. The summed E-state index contributed by atoms with van der Waals surface area (Å²) in [5.41, 5.74) is 1.09. The highest BCUT2D eigenvalue weighted by Crippen LogP contribution is 2.42. The lowest BCUT2D eigenvalue weighted by Gasteiger charge is -2.41. The van der Waals surface area contributed by atoms with Crippen molar-refractivity contribution < 1.29 is 9.84 Å². The molecule has 1 aromatic rings. The Balaban J connectivity index is 1.93. The van der Waals surface area contributed by atoms with Crippen LogP contribution in [0, 0.1) is 5.41 Å². The first kappa shape index (κ1) is 14.4. The van der Waals surface area contributed by atoms with Gasteiger partial charge in [-0.25, -0.2) is 0 Å². The molecule has 1 aliphatic rings. The molecule has 1 aromatic carbocycles. The first-order valence-corrected chi connectivity index (χ1v) is 7.28. The van der Waals surface area contributed by atoms with Crippen LogP contribution in [0.5, 0.6) is 5.75 Å². The first-order valence-electron chi connectivity index (χ1n) is 7.28. The summed E-state index contributed by atoms with van der Waals surface area (Å²) < 4.78 is 5.16. The third-order valence-corrected chi connectivity index (χ3v) is 4.34. The molecule has 2 heteroatoms. The minimum absolute atomic E-state index is 0.285.